The van der Waals surface area contributed by atoms with Crippen molar-refractivity contribution in [2.75, 3.05) is 6.61 Å². The van der Waals surface area contributed by atoms with Gasteiger partial charge in [0.05, 0.1) is 10.5 Å². The molecule has 0 saturated heterocycles. The number of benzene rings is 1. The van der Waals surface area contributed by atoms with Crippen LogP contribution in [0.2, 0.25) is 0 Å². The normalized spacial score (nSPS) is 10.6. The Morgan fingerprint density at radius 1 is 1.36 bits per heavy atom. The van der Waals surface area contributed by atoms with Crippen LogP contribution in [0.15, 0.2) is 42.7 Å². The molecule has 8 heteroatoms. The highest BCUT2D eigenvalue weighted by molar-refractivity contribution is 5.94. The van der Waals surface area contributed by atoms with Crippen LogP contribution in [-0.4, -0.2) is 28.0 Å². The molecule has 0 aliphatic carbocycles. The fourth-order valence-corrected chi connectivity index (χ4v) is 2.08. The molecular weight excluding hydrogens is 324 g/mol. The average molecular weight is 340 g/mol. The fourth-order valence-electron chi connectivity index (χ4n) is 2.08. The molecule has 0 saturated carbocycles. The van der Waals surface area contributed by atoms with Gasteiger partial charge in [-0.15, -0.1) is 0 Å². The minimum Gasteiger partial charge on any atom is -0.490 e. The number of pyridine rings is 1. The Morgan fingerprint density at radius 3 is 2.64 bits per heavy atom. The molecule has 0 fully saturated rings. The first-order valence-corrected chi connectivity index (χ1v) is 7.37. The Kier molecular flexibility index (Phi) is 5.29. The number of nitrogens with one attached hydrogen (secondary N) is 1. The van der Waals surface area contributed by atoms with Crippen LogP contribution < -0.4 is 10.1 Å². The number of nitriles is 1. The van der Waals surface area contributed by atoms with Gasteiger partial charge in [-0.25, -0.2) is 0 Å². The predicted molar refractivity (Wildman–Crippen MR) is 89.1 cm³/mol. The molecular formula is C17H16N4O4. The van der Waals surface area contributed by atoms with Crippen molar-refractivity contribution in [3.63, 3.8) is 0 Å². The number of nitro benzene ring substituents is 1. The topological polar surface area (TPSA) is 118 Å². The third-order valence-corrected chi connectivity index (χ3v) is 3.30. The van der Waals surface area contributed by atoms with Gasteiger partial charge in [-0.3, -0.25) is 19.9 Å². The van der Waals surface area contributed by atoms with Crippen molar-refractivity contribution in [3.8, 4) is 11.8 Å². The third kappa shape index (κ3) is 4.51. The van der Waals surface area contributed by atoms with Crippen LogP contribution in [0.1, 0.15) is 29.8 Å². The molecule has 1 heterocycles. The maximum Gasteiger partial charge on any atom is 0.290 e. The fraction of sp³-hybridized carbons (Fsp3) is 0.235. The number of aromatic nitrogens is 1. The van der Waals surface area contributed by atoms with Gasteiger partial charge < -0.3 is 10.1 Å². The first-order valence-electron chi connectivity index (χ1n) is 7.37. The van der Waals surface area contributed by atoms with Gasteiger partial charge in [0.25, 0.3) is 11.6 Å². The van der Waals surface area contributed by atoms with E-state index in [2.05, 4.69) is 10.3 Å². The minimum atomic E-state index is -0.766. The molecule has 2 aromatic rings. The zero-order valence-corrected chi connectivity index (χ0v) is 13.7. The summed E-state index contributed by atoms with van der Waals surface area (Å²) in [6.07, 6.45) is 3.03. The van der Waals surface area contributed by atoms with Gasteiger partial charge in [0.1, 0.15) is 18.4 Å². The highest BCUT2D eigenvalue weighted by Gasteiger charge is 2.24. The van der Waals surface area contributed by atoms with Crippen LogP contribution in [-0.2, 0) is 0 Å². The van der Waals surface area contributed by atoms with E-state index in [9.17, 15) is 14.9 Å². The Labute approximate surface area is 144 Å². The summed E-state index contributed by atoms with van der Waals surface area (Å²) in [5.74, 6) is -0.196. The number of carbonyl (C=O) groups excluding carboxylic acids is 1. The predicted octanol–water partition coefficient (Wildman–Crippen LogP) is 2.45. The summed E-state index contributed by atoms with van der Waals surface area (Å²) < 4.78 is 5.57. The van der Waals surface area contributed by atoms with E-state index in [0.29, 0.717) is 5.56 Å². The molecule has 25 heavy (non-hydrogen) atoms. The van der Waals surface area contributed by atoms with Crippen LogP contribution in [0.5, 0.6) is 5.75 Å². The van der Waals surface area contributed by atoms with E-state index in [4.69, 9.17) is 10.00 Å². The zero-order chi connectivity index (χ0) is 18.4. The zero-order valence-electron chi connectivity index (χ0n) is 13.7. The highest BCUT2D eigenvalue weighted by Crippen LogP contribution is 2.27. The van der Waals surface area contributed by atoms with Crippen molar-refractivity contribution < 1.29 is 14.5 Å². The lowest BCUT2D eigenvalue weighted by Gasteiger charge is -2.26. The summed E-state index contributed by atoms with van der Waals surface area (Å²) in [7, 11) is 0. The van der Waals surface area contributed by atoms with Crippen molar-refractivity contribution in [2.24, 2.45) is 0 Å². The van der Waals surface area contributed by atoms with E-state index in [-0.39, 0.29) is 29.5 Å². The lowest BCUT2D eigenvalue weighted by molar-refractivity contribution is -0.385. The molecule has 0 aliphatic rings. The lowest BCUT2D eigenvalue weighted by atomic mass is 10.1. The molecule has 1 aromatic heterocycles. The van der Waals surface area contributed by atoms with Gasteiger partial charge in [-0.1, -0.05) is 6.07 Å². The number of nitro groups is 1. The molecule has 0 radical (unpaired) electrons. The highest BCUT2D eigenvalue weighted by atomic mass is 16.6. The number of hydrogen-bond acceptors (Lipinski definition) is 6. The van der Waals surface area contributed by atoms with E-state index >= 15 is 0 Å². The first kappa shape index (κ1) is 17.9. The Balaban J connectivity index is 2.10. The molecule has 1 aromatic carbocycles. The Morgan fingerprint density at radius 2 is 2.04 bits per heavy atom. The molecule has 0 aliphatic heterocycles. The van der Waals surface area contributed by atoms with Crippen molar-refractivity contribution >= 4 is 11.6 Å². The SMILES string of the molecule is CC(C)(COc1cccc([N+](=O)[O-])c1C#N)NC(=O)c1ccncc1. The first-order chi connectivity index (χ1) is 11.8. The summed E-state index contributed by atoms with van der Waals surface area (Å²) in [6.45, 7) is 3.52. The van der Waals surface area contributed by atoms with E-state index in [0.717, 1.165) is 0 Å². The van der Waals surface area contributed by atoms with Crippen molar-refractivity contribution in [2.45, 2.75) is 19.4 Å². The van der Waals surface area contributed by atoms with Gasteiger partial charge in [0.15, 0.2) is 5.56 Å². The van der Waals surface area contributed by atoms with E-state index in [1.807, 2.05) is 0 Å². The maximum absolute atomic E-state index is 12.2. The smallest absolute Gasteiger partial charge is 0.290 e. The third-order valence-electron chi connectivity index (χ3n) is 3.30. The number of ether oxygens (including phenoxy) is 1. The largest absolute Gasteiger partial charge is 0.490 e. The molecule has 8 nitrogen and oxygen atoms in total. The number of rotatable bonds is 6. The van der Waals surface area contributed by atoms with Gasteiger partial charge in [-0.05, 0) is 32.0 Å². The number of amides is 1. The van der Waals surface area contributed by atoms with E-state index in [1.54, 1.807) is 32.0 Å². The molecule has 0 atom stereocenters. The number of carbonyl (C=O) groups is 1. The molecule has 0 unspecified atom stereocenters. The van der Waals surface area contributed by atoms with Gasteiger partial charge in [0.2, 0.25) is 0 Å². The van der Waals surface area contributed by atoms with Crippen LogP contribution in [0.3, 0.4) is 0 Å². The van der Waals surface area contributed by atoms with Crippen LogP contribution in [0.4, 0.5) is 5.69 Å². The summed E-state index contributed by atoms with van der Waals surface area (Å²) >= 11 is 0. The van der Waals surface area contributed by atoms with Crippen LogP contribution in [0.25, 0.3) is 0 Å². The molecule has 2 rings (SSSR count). The lowest BCUT2D eigenvalue weighted by Crippen LogP contribution is -2.47. The Bertz CT molecular complexity index is 828. The maximum atomic E-state index is 12.2. The summed E-state index contributed by atoms with van der Waals surface area (Å²) in [5, 5.41) is 22.9. The molecule has 0 spiro atoms. The van der Waals surface area contributed by atoms with Crippen LogP contribution in [0, 0.1) is 21.4 Å². The second-order valence-electron chi connectivity index (χ2n) is 5.88. The average Bonchev–Trinajstić information content (AvgIpc) is 2.59. The number of hydrogen-bond donors (Lipinski definition) is 1. The monoisotopic (exact) mass is 340 g/mol. The molecule has 0 bridgehead atoms. The second kappa shape index (κ2) is 7.40. The van der Waals surface area contributed by atoms with Gasteiger partial charge in [0, 0.05) is 24.0 Å². The second-order valence-corrected chi connectivity index (χ2v) is 5.88. The quantitative estimate of drug-likeness (QED) is 0.637. The van der Waals surface area contributed by atoms with Crippen molar-refractivity contribution in [1.29, 1.82) is 5.26 Å². The minimum absolute atomic E-state index is 0.0275. The standard InChI is InChI=1S/C17H16N4O4/c1-17(2,20-16(22)12-6-8-19-9-7-12)11-25-15-5-3-4-14(21(23)24)13(15)10-18/h3-9H,11H2,1-2H3,(H,20,22). The van der Waals surface area contributed by atoms with Gasteiger partial charge >= 0.3 is 0 Å². The van der Waals surface area contributed by atoms with E-state index < -0.39 is 10.5 Å². The summed E-state index contributed by atoms with van der Waals surface area (Å²) in [6, 6.07) is 9.11. The van der Waals surface area contributed by atoms with Gasteiger partial charge in [-0.2, -0.15) is 5.26 Å². The summed E-state index contributed by atoms with van der Waals surface area (Å²) in [5.41, 5.74) is -0.781. The van der Waals surface area contributed by atoms with E-state index in [1.165, 1.54) is 30.6 Å². The van der Waals surface area contributed by atoms with Crippen molar-refractivity contribution in [3.05, 3.63) is 64.0 Å². The molecule has 128 valence electrons. The number of nitrogens with zero attached hydrogens (tertiary/aromatic N) is 3. The Hall–Kier alpha value is -3.47. The summed E-state index contributed by atoms with van der Waals surface area (Å²) in [4.78, 5) is 26.4. The molecule has 1 amide bonds. The van der Waals surface area contributed by atoms with Crippen molar-refractivity contribution in [1.82, 2.24) is 10.3 Å². The molecule has 1 N–H and O–H groups in total. The van der Waals surface area contributed by atoms with Crippen LogP contribution >= 0.6 is 0 Å².